The highest BCUT2D eigenvalue weighted by Crippen LogP contribution is 2.15. The molecule has 1 aromatic rings. The van der Waals surface area contributed by atoms with Crippen molar-refractivity contribution < 1.29 is 14.7 Å². The lowest BCUT2D eigenvalue weighted by molar-refractivity contribution is 0.0637. The number of carboxylic acid groups (broad SMARTS) is 1. The minimum absolute atomic E-state index is 0.106. The van der Waals surface area contributed by atoms with Crippen LogP contribution in [0.1, 0.15) is 33.8 Å². The molecule has 1 unspecified atom stereocenters. The fraction of sp³-hybridized carbons (Fsp3) is 0.500. The molecule has 1 atom stereocenters. The van der Waals surface area contributed by atoms with Gasteiger partial charge in [0.05, 0.1) is 0 Å². The molecule has 20 heavy (non-hydrogen) atoms. The highest BCUT2D eigenvalue weighted by molar-refractivity contribution is 5.94. The van der Waals surface area contributed by atoms with Crippen LogP contribution in [0.4, 0.5) is 0 Å². The van der Waals surface area contributed by atoms with E-state index in [-0.39, 0.29) is 23.3 Å². The van der Waals surface area contributed by atoms with Crippen LogP contribution in [0.3, 0.4) is 0 Å². The number of hydrogen-bond acceptors (Lipinski definition) is 4. The fourth-order valence-electron chi connectivity index (χ4n) is 2.47. The van der Waals surface area contributed by atoms with E-state index in [1.807, 2.05) is 7.05 Å². The number of rotatable bonds is 3. The average Bonchev–Trinajstić information content (AvgIpc) is 2.45. The van der Waals surface area contributed by atoms with Crippen LogP contribution in [0.25, 0.3) is 0 Å². The first-order valence-electron chi connectivity index (χ1n) is 6.65. The molecule has 0 radical (unpaired) electrons. The summed E-state index contributed by atoms with van der Waals surface area (Å²) >= 11 is 0. The number of nitrogens with zero attached hydrogens (tertiary/aromatic N) is 3. The lowest BCUT2D eigenvalue weighted by atomic mass is 10.0. The maximum Gasteiger partial charge on any atom is 0.354 e. The van der Waals surface area contributed by atoms with Crippen molar-refractivity contribution in [2.75, 3.05) is 27.2 Å². The van der Waals surface area contributed by atoms with Crippen molar-refractivity contribution in [1.29, 1.82) is 0 Å². The Labute approximate surface area is 118 Å². The normalized spacial score (nSPS) is 19.6. The minimum atomic E-state index is -1.13. The summed E-state index contributed by atoms with van der Waals surface area (Å²) < 4.78 is 0. The molecule has 1 amide bonds. The Morgan fingerprint density at radius 1 is 1.40 bits per heavy atom. The molecule has 1 aromatic heterocycles. The van der Waals surface area contributed by atoms with Gasteiger partial charge in [-0.25, -0.2) is 9.78 Å². The van der Waals surface area contributed by atoms with Crippen molar-refractivity contribution in [3.8, 4) is 0 Å². The van der Waals surface area contributed by atoms with Crippen LogP contribution >= 0.6 is 0 Å². The van der Waals surface area contributed by atoms with E-state index in [2.05, 4.69) is 9.88 Å². The second kappa shape index (κ2) is 6.00. The van der Waals surface area contributed by atoms with E-state index in [1.165, 1.54) is 6.07 Å². The molecule has 6 nitrogen and oxygen atoms in total. The molecule has 1 aliphatic rings. The maximum atomic E-state index is 12.4. The summed E-state index contributed by atoms with van der Waals surface area (Å²) in [5.74, 6) is -1.35. The molecule has 2 heterocycles. The molecule has 0 aliphatic carbocycles. The highest BCUT2D eigenvalue weighted by atomic mass is 16.4. The SMILES string of the molecule is CN1CCCC(N(C)C(=O)c2cccc(C(=O)O)n2)C1. The van der Waals surface area contributed by atoms with Crippen LogP contribution in [0.5, 0.6) is 0 Å². The van der Waals surface area contributed by atoms with Gasteiger partial charge < -0.3 is 14.9 Å². The van der Waals surface area contributed by atoms with Gasteiger partial charge in [0.1, 0.15) is 11.4 Å². The second-order valence-electron chi connectivity index (χ2n) is 5.19. The van der Waals surface area contributed by atoms with Crippen molar-refractivity contribution in [2.24, 2.45) is 0 Å². The maximum absolute atomic E-state index is 12.4. The summed E-state index contributed by atoms with van der Waals surface area (Å²) in [6.07, 6.45) is 2.02. The van der Waals surface area contributed by atoms with E-state index in [1.54, 1.807) is 24.1 Å². The summed E-state index contributed by atoms with van der Waals surface area (Å²) in [5.41, 5.74) is 0.0747. The van der Waals surface area contributed by atoms with Gasteiger partial charge in [-0.15, -0.1) is 0 Å². The number of carbonyl (C=O) groups is 2. The number of carboxylic acids is 1. The highest BCUT2D eigenvalue weighted by Gasteiger charge is 2.26. The van der Waals surface area contributed by atoms with Crippen LogP contribution in [0.15, 0.2) is 18.2 Å². The van der Waals surface area contributed by atoms with Gasteiger partial charge in [0.25, 0.3) is 5.91 Å². The summed E-state index contributed by atoms with van der Waals surface area (Å²) in [6, 6.07) is 4.63. The van der Waals surface area contributed by atoms with Crippen LogP contribution in [0.2, 0.25) is 0 Å². The number of hydrogen-bond donors (Lipinski definition) is 1. The summed E-state index contributed by atoms with van der Waals surface area (Å²) in [6.45, 7) is 1.88. The first-order chi connectivity index (χ1) is 9.49. The molecule has 6 heteroatoms. The molecule has 1 aliphatic heterocycles. The number of likely N-dealkylation sites (tertiary alicyclic amines) is 1. The summed E-state index contributed by atoms with van der Waals surface area (Å²) in [7, 11) is 3.79. The number of pyridine rings is 1. The molecule has 108 valence electrons. The summed E-state index contributed by atoms with van der Waals surface area (Å²) in [5, 5.41) is 8.92. The first-order valence-corrected chi connectivity index (χ1v) is 6.65. The Morgan fingerprint density at radius 2 is 2.10 bits per heavy atom. The third-order valence-corrected chi connectivity index (χ3v) is 3.66. The number of likely N-dealkylation sites (N-methyl/N-ethyl adjacent to an activating group) is 2. The number of aromatic carboxylic acids is 1. The van der Waals surface area contributed by atoms with E-state index in [0.717, 1.165) is 25.9 Å². The predicted octanol–water partition coefficient (Wildman–Crippen LogP) is 0.946. The Bertz CT molecular complexity index is 518. The number of aromatic nitrogens is 1. The number of piperidine rings is 1. The topological polar surface area (TPSA) is 73.7 Å². The Kier molecular flexibility index (Phi) is 4.34. The van der Waals surface area contributed by atoms with Crippen LogP contribution < -0.4 is 0 Å². The van der Waals surface area contributed by atoms with E-state index in [9.17, 15) is 9.59 Å². The van der Waals surface area contributed by atoms with Gasteiger partial charge >= 0.3 is 5.97 Å². The smallest absolute Gasteiger partial charge is 0.354 e. The van der Waals surface area contributed by atoms with Gasteiger partial charge in [0, 0.05) is 19.6 Å². The zero-order valence-electron chi connectivity index (χ0n) is 11.7. The molecular formula is C14H19N3O3. The molecule has 0 spiro atoms. The van der Waals surface area contributed by atoms with Gasteiger partial charge in [-0.2, -0.15) is 0 Å². The van der Waals surface area contributed by atoms with E-state index < -0.39 is 5.97 Å². The molecule has 0 saturated carbocycles. The molecule has 0 aromatic carbocycles. The van der Waals surface area contributed by atoms with Gasteiger partial charge in [-0.05, 0) is 38.6 Å². The monoisotopic (exact) mass is 277 g/mol. The lowest BCUT2D eigenvalue weighted by Gasteiger charge is -2.35. The van der Waals surface area contributed by atoms with E-state index >= 15 is 0 Å². The quantitative estimate of drug-likeness (QED) is 0.890. The first kappa shape index (κ1) is 14.5. The third-order valence-electron chi connectivity index (χ3n) is 3.66. The molecule has 1 N–H and O–H groups in total. The zero-order chi connectivity index (χ0) is 14.7. The molecule has 0 bridgehead atoms. The van der Waals surface area contributed by atoms with Crippen LogP contribution in [-0.4, -0.2) is 65.0 Å². The summed E-state index contributed by atoms with van der Waals surface area (Å²) in [4.78, 5) is 31.0. The van der Waals surface area contributed by atoms with Crippen LogP contribution in [0, 0.1) is 0 Å². The number of amides is 1. The van der Waals surface area contributed by atoms with Gasteiger partial charge in [-0.1, -0.05) is 6.07 Å². The largest absolute Gasteiger partial charge is 0.477 e. The Morgan fingerprint density at radius 3 is 2.75 bits per heavy atom. The lowest BCUT2D eigenvalue weighted by Crippen LogP contribution is -2.47. The van der Waals surface area contributed by atoms with Crippen molar-refractivity contribution in [2.45, 2.75) is 18.9 Å². The van der Waals surface area contributed by atoms with Gasteiger partial charge in [0.2, 0.25) is 0 Å². The minimum Gasteiger partial charge on any atom is -0.477 e. The Hall–Kier alpha value is -1.95. The van der Waals surface area contributed by atoms with E-state index in [4.69, 9.17) is 5.11 Å². The fourth-order valence-corrected chi connectivity index (χ4v) is 2.47. The molecule has 1 fully saturated rings. The van der Waals surface area contributed by atoms with Crippen molar-refractivity contribution in [3.63, 3.8) is 0 Å². The van der Waals surface area contributed by atoms with Crippen molar-refractivity contribution in [1.82, 2.24) is 14.8 Å². The second-order valence-corrected chi connectivity index (χ2v) is 5.19. The van der Waals surface area contributed by atoms with Crippen molar-refractivity contribution in [3.05, 3.63) is 29.6 Å². The van der Waals surface area contributed by atoms with Gasteiger partial charge in [0.15, 0.2) is 0 Å². The standard InChI is InChI=1S/C14H19N3O3/c1-16-8-4-5-10(9-16)17(2)13(18)11-6-3-7-12(15-11)14(19)20/h3,6-7,10H,4-5,8-9H2,1-2H3,(H,19,20). The van der Waals surface area contributed by atoms with E-state index in [0.29, 0.717) is 0 Å². The van der Waals surface area contributed by atoms with Gasteiger partial charge in [-0.3, -0.25) is 4.79 Å². The third kappa shape index (κ3) is 3.14. The predicted molar refractivity (Wildman–Crippen MR) is 73.8 cm³/mol. The van der Waals surface area contributed by atoms with Crippen LogP contribution in [-0.2, 0) is 0 Å². The average molecular weight is 277 g/mol. The van der Waals surface area contributed by atoms with Crippen molar-refractivity contribution >= 4 is 11.9 Å². The number of carbonyl (C=O) groups excluding carboxylic acids is 1. The zero-order valence-corrected chi connectivity index (χ0v) is 11.7. The Balaban J connectivity index is 2.13. The molecule has 1 saturated heterocycles. The molecular weight excluding hydrogens is 258 g/mol. The molecule has 2 rings (SSSR count).